The van der Waals surface area contributed by atoms with Gasteiger partial charge in [-0.1, -0.05) is 0 Å². The molecule has 0 spiro atoms. The lowest BCUT2D eigenvalue weighted by Gasteiger charge is -2.57. The maximum atomic E-state index is 6.05. The molecule has 0 aromatic heterocycles. The Morgan fingerprint density at radius 3 is 1.80 bits per heavy atom. The second kappa shape index (κ2) is 2.80. The molecule has 1 heteroatoms. The van der Waals surface area contributed by atoms with Gasteiger partial charge in [0.2, 0.25) is 0 Å². The van der Waals surface area contributed by atoms with Crippen molar-refractivity contribution in [2.75, 3.05) is 6.54 Å². The van der Waals surface area contributed by atoms with Gasteiger partial charge in [0, 0.05) is 0 Å². The van der Waals surface area contributed by atoms with Crippen LogP contribution in [0.2, 0.25) is 0 Å². The number of rotatable bonds is 2. The molecule has 0 saturated heterocycles. The van der Waals surface area contributed by atoms with Crippen molar-refractivity contribution in [2.24, 2.45) is 40.7 Å². The average molecular weight is 205 g/mol. The average Bonchev–Trinajstić information content (AvgIpc) is 2.97. The van der Waals surface area contributed by atoms with Gasteiger partial charge in [0.05, 0.1) is 0 Å². The van der Waals surface area contributed by atoms with Gasteiger partial charge in [0.1, 0.15) is 0 Å². The minimum absolute atomic E-state index is 0.641. The van der Waals surface area contributed by atoms with Crippen LogP contribution in [0.3, 0.4) is 0 Å². The van der Waals surface area contributed by atoms with Gasteiger partial charge < -0.3 is 5.73 Å². The fourth-order valence-electron chi connectivity index (χ4n) is 5.76. The molecule has 5 aliphatic rings. The first-order chi connectivity index (χ1) is 7.31. The summed E-state index contributed by atoms with van der Waals surface area (Å²) in [5.74, 6) is 5.48. The minimum atomic E-state index is 0.641. The molecule has 0 amide bonds. The van der Waals surface area contributed by atoms with E-state index in [1.165, 1.54) is 12.8 Å². The van der Waals surface area contributed by atoms with Crippen molar-refractivity contribution in [2.45, 2.75) is 44.9 Å². The summed E-state index contributed by atoms with van der Waals surface area (Å²) in [5, 5.41) is 0. The highest BCUT2D eigenvalue weighted by Gasteiger charge is 2.59. The summed E-state index contributed by atoms with van der Waals surface area (Å²) in [6.07, 6.45) is 10.8. The van der Waals surface area contributed by atoms with Crippen LogP contribution >= 0.6 is 0 Å². The molecule has 0 heterocycles. The fourth-order valence-corrected chi connectivity index (χ4v) is 5.76. The first-order valence-corrected chi connectivity index (χ1v) is 7.01. The molecule has 5 aliphatic carbocycles. The summed E-state index contributed by atoms with van der Waals surface area (Å²) in [4.78, 5) is 0. The van der Waals surface area contributed by atoms with Crippen molar-refractivity contribution < 1.29 is 0 Å². The number of hydrogen-bond donors (Lipinski definition) is 1. The van der Waals surface area contributed by atoms with E-state index in [0.29, 0.717) is 5.41 Å². The van der Waals surface area contributed by atoms with Crippen LogP contribution in [-0.2, 0) is 0 Å². The Kier molecular flexibility index (Phi) is 1.68. The van der Waals surface area contributed by atoms with E-state index in [4.69, 9.17) is 5.73 Å². The number of hydrogen-bond acceptors (Lipinski definition) is 1. The molecule has 1 nitrogen and oxygen atoms in total. The van der Waals surface area contributed by atoms with E-state index in [0.717, 1.165) is 36.1 Å². The Labute approximate surface area is 92.8 Å². The summed E-state index contributed by atoms with van der Waals surface area (Å²) in [5.41, 5.74) is 6.69. The Bertz CT molecular complexity index is 251. The smallest absolute Gasteiger partial charge is 0.00177 e. The summed E-state index contributed by atoms with van der Waals surface area (Å²) >= 11 is 0. The summed E-state index contributed by atoms with van der Waals surface area (Å²) < 4.78 is 0. The molecule has 0 unspecified atom stereocenters. The lowest BCUT2D eigenvalue weighted by Crippen LogP contribution is -2.49. The Balaban J connectivity index is 1.65. The van der Waals surface area contributed by atoms with E-state index in [-0.39, 0.29) is 0 Å². The molecule has 0 radical (unpaired) electrons. The molecule has 4 bridgehead atoms. The normalized spacial score (nSPS) is 54.6. The second-order valence-corrected chi connectivity index (χ2v) is 7.02. The van der Waals surface area contributed by atoms with Gasteiger partial charge in [-0.3, -0.25) is 0 Å². The van der Waals surface area contributed by atoms with Crippen LogP contribution in [0.1, 0.15) is 44.9 Å². The molecule has 0 aliphatic heterocycles. The van der Waals surface area contributed by atoms with Crippen molar-refractivity contribution in [3.05, 3.63) is 0 Å². The monoisotopic (exact) mass is 205 g/mol. The summed E-state index contributed by atoms with van der Waals surface area (Å²) in [7, 11) is 0. The Morgan fingerprint density at radius 1 is 0.867 bits per heavy atom. The zero-order valence-electron chi connectivity index (χ0n) is 9.62. The van der Waals surface area contributed by atoms with E-state index in [9.17, 15) is 0 Å². The predicted molar refractivity (Wildman–Crippen MR) is 61.3 cm³/mol. The van der Waals surface area contributed by atoms with Gasteiger partial charge in [0.15, 0.2) is 0 Å². The standard InChI is InChI=1S/C14H23N/c15-8-14(1-2-14)13-11-4-9-3-10(6-11)7-12(13)5-9/h9-13H,1-8,15H2. The SMILES string of the molecule is NCC1(C2C3CC4CC(C3)CC2C4)CC1. The van der Waals surface area contributed by atoms with Gasteiger partial charge in [-0.25, -0.2) is 0 Å². The topological polar surface area (TPSA) is 26.0 Å². The van der Waals surface area contributed by atoms with Crippen LogP contribution in [0.25, 0.3) is 0 Å². The quantitative estimate of drug-likeness (QED) is 0.737. The Morgan fingerprint density at radius 2 is 1.40 bits per heavy atom. The molecule has 0 aromatic carbocycles. The fraction of sp³-hybridized carbons (Fsp3) is 1.00. The zero-order valence-corrected chi connectivity index (χ0v) is 9.62. The van der Waals surface area contributed by atoms with Crippen molar-refractivity contribution in [3.8, 4) is 0 Å². The van der Waals surface area contributed by atoms with Crippen LogP contribution in [0.4, 0.5) is 0 Å². The maximum Gasteiger partial charge on any atom is -0.00177 e. The van der Waals surface area contributed by atoms with Gasteiger partial charge in [-0.2, -0.15) is 0 Å². The molecule has 15 heavy (non-hydrogen) atoms. The zero-order chi connectivity index (χ0) is 10.0. The molecule has 5 saturated carbocycles. The molecule has 5 fully saturated rings. The van der Waals surface area contributed by atoms with E-state index >= 15 is 0 Å². The van der Waals surface area contributed by atoms with Crippen molar-refractivity contribution >= 4 is 0 Å². The summed E-state index contributed by atoms with van der Waals surface area (Å²) in [6, 6.07) is 0. The predicted octanol–water partition coefficient (Wildman–Crippen LogP) is 2.80. The third kappa shape index (κ3) is 1.13. The highest BCUT2D eigenvalue weighted by Crippen LogP contribution is 2.66. The molecular formula is C14H23N. The maximum absolute atomic E-state index is 6.05. The minimum Gasteiger partial charge on any atom is -0.330 e. The van der Waals surface area contributed by atoms with Crippen LogP contribution < -0.4 is 5.73 Å². The number of nitrogens with two attached hydrogens (primary N) is 1. The first kappa shape index (κ1) is 9.04. The molecule has 2 N–H and O–H groups in total. The van der Waals surface area contributed by atoms with Crippen LogP contribution in [0, 0.1) is 35.0 Å². The van der Waals surface area contributed by atoms with Gasteiger partial charge >= 0.3 is 0 Å². The third-order valence-corrected chi connectivity index (χ3v) is 6.23. The van der Waals surface area contributed by atoms with Crippen molar-refractivity contribution in [1.29, 1.82) is 0 Å². The molecule has 0 atom stereocenters. The van der Waals surface area contributed by atoms with Crippen molar-refractivity contribution in [3.63, 3.8) is 0 Å². The Hall–Kier alpha value is -0.0400. The molecular weight excluding hydrogens is 182 g/mol. The lowest BCUT2D eigenvalue weighted by molar-refractivity contribution is -0.0668. The van der Waals surface area contributed by atoms with E-state index in [2.05, 4.69) is 0 Å². The molecule has 0 aromatic rings. The summed E-state index contributed by atoms with van der Waals surface area (Å²) in [6.45, 7) is 0.986. The first-order valence-electron chi connectivity index (χ1n) is 7.01. The van der Waals surface area contributed by atoms with Crippen LogP contribution in [-0.4, -0.2) is 6.54 Å². The van der Waals surface area contributed by atoms with Gasteiger partial charge in [-0.05, 0) is 86.5 Å². The largest absolute Gasteiger partial charge is 0.330 e. The van der Waals surface area contributed by atoms with Crippen molar-refractivity contribution in [1.82, 2.24) is 0 Å². The lowest BCUT2D eigenvalue weighted by atomic mass is 9.49. The van der Waals surface area contributed by atoms with Crippen LogP contribution in [0.15, 0.2) is 0 Å². The van der Waals surface area contributed by atoms with Gasteiger partial charge in [-0.15, -0.1) is 0 Å². The van der Waals surface area contributed by atoms with E-state index < -0.39 is 0 Å². The van der Waals surface area contributed by atoms with Gasteiger partial charge in [0.25, 0.3) is 0 Å². The third-order valence-electron chi connectivity index (χ3n) is 6.23. The van der Waals surface area contributed by atoms with E-state index in [1.807, 2.05) is 0 Å². The second-order valence-electron chi connectivity index (χ2n) is 7.02. The van der Waals surface area contributed by atoms with E-state index in [1.54, 1.807) is 32.1 Å². The highest BCUT2D eigenvalue weighted by molar-refractivity contribution is 5.09. The highest BCUT2D eigenvalue weighted by atomic mass is 14.7. The van der Waals surface area contributed by atoms with Crippen LogP contribution in [0.5, 0.6) is 0 Å². The molecule has 5 rings (SSSR count). The molecule has 84 valence electrons.